The summed E-state index contributed by atoms with van der Waals surface area (Å²) in [4.78, 5) is 18.3. The lowest BCUT2D eigenvalue weighted by molar-refractivity contribution is 0.0764. The summed E-state index contributed by atoms with van der Waals surface area (Å²) < 4.78 is 0. The number of hydrogen-bond acceptors (Lipinski definition) is 4. The van der Waals surface area contributed by atoms with E-state index in [1.54, 1.807) is 17.3 Å². The monoisotopic (exact) mass is 300 g/mol. The van der Waals surface area contributed by atoms with Gasteiger partial charge in [-0.05, 0) is 38.0 Å². The summed E-state index contributed by atoms with van der Waals surface area (Å²) in [5.41, 5.74) is 3.45. The van der Waals surface area contributed by atoms with Crippen molar-refractivity contribution < 1.29 is 9.90 Å². The smallest absolute Gasteiger partial charge is 0.255 e. The molecular weight excluding hydrogens is 280 g/mol. The summed E-state index contributed by atoms with van der Waals surface area (Å²) in [6, 6.07) is 3.80. The van der Waals surface area contributed by atoms with Gasteiger partial charge in [-0.2, -0.15) is 5.10 Å². The molecule has 0 spiro atoms. The SMILES string of the molecule is Cc1cncc(C(=O)N2C[C@@H](Cc3cc(C)[nH]n3)[C@@H](O)C2)c1. The van der Waals surface area contributed by atoms with Gasteiger partial charge in [0.15, 0.2) is 0 Å². The average Bonchev–Trinajstić information content (AvgIpc) is 3.05. The lowest BCUT2D eigenvalue weighted by Crippen LogP contribution is -2.29. The molecule has 0 unspecified atom stereocenters. The van der Waals surface area contributed by atoms with Gasteiger partial charge < -0.3 is 10.0 Å². The first-order valence-electron chi connectivity index (χ1n) is 7.43. The highest BCUT2D eigenvalue weighted by Crippen LogP contribution is 2.22. The summed E-state index contributed by atoms with van der Waals surface area (Å²) in [5.74, 6) is -0.0552. The number of aliphatic hydroxyl groups is 1. The zero-order valence-corrected chi connectivity index (χ0v) is 12.8. The van der Waals surface area contributed by atoms with Gasteiger partial charge in [0.25, 0.3) is 5.91 Å². The Hall–Kier alpha value is -2.21. The van der Waals surface area contributed by atoms with E-state index in [1.165, 1.54) is 0 Å². The first-order valence-corrected chi connectivity index (χ1v) is 7.43. The lowest BCUT2D eigenvalue weighted by atomic mass is 10.0. The quantitative estimate of drug-likeness (QED) is 0.889. The van der Waals surface area contributed by atoms with Crippen LogP contribution in [0.15, 0.2) is 24.5 Å². The normalized spacial score (nSPS) is 21.3. The Morgan fingerprint density at radius 2 is 2.18 bits per heavy atom. The fourth-order valence-electron chi connectivity index (χ4n) is 2.92. The number of rotatable bonds is 3. The van der Waals surface area contributed by atoms with Crippen molar-refractivity contribution in [3.63, 3.8) is 0 Å². The van der Waals surface area contributed by atoms with E-state index in [9.17, 15) is 9.90 Å². The van der Waals surface area contributed by atoms with E-state index in [0.717, 1.165) is 17.0 Å². The minimum Gasteiger partial charge on any atom is -0.391 e. The van der Waals surface area contributed by atoms with Crippen LogP contribution in [0.5, 0.6) is 0 Å². The van der Waals surface area contributed by atoms with Crippen LogP contribution in [0.4, 0.5) is 0 Å². The van der Waals surface area contributed by atoms with Crippen molar-refractivity contribution in [2.45, 2.75) is 26.4 Å². The number of pyridine rings is 1. The zero-order chi connectivity index (χ0) is 15.7. The summed E-state index contributed by atoms with van der Waals surface area (Å²) in [7, 11) is 0. The third kappa shape index (κ3) is 3.01. The van der Waals surface area contributed by atoms with E-state index in [0.29, 0.717) is 25.1 Å². The molecule has 2 aromatic rings. The highest BCUT2D eigenvalue weighted by atomic mass is 16.3. The Morgan fingerprint density at radius 1 is 1.36 bits per heavy atom. The number of amides is 1. The zero-order valence-electron chi connectivity index (χ0n) is 12.8. The molecule has 6 heteroatoms. The minimum atomic E-state index is -0.515. The number of hydrogen-bond donors (Lipinski definition) is 2. The van der Waals surface area contributed by atoms with E-state index in [2.05, 4.69) is 15.2 Å². The van der Waals surface area contributed by atoms with Gasteiger partial charge in [-0.1, -0.05) is 0 Å². The molecule has 0 bridgehead atoms. The second kappa shape index (κ2) is 5.88. The molecule has 2 N–H and O–H groups in total. The Morgan fingerprint density at radius 3 is 2.86 bits per heavy atom. The fourth-order valence-corrected chi connectivity index (χ4v) is 2.92. The molecule has 0 aromatic carbocycles. The van der Waals surface area contributed by atoms with Gasteiger partial charge in [-0.15, -0.1) is 0 Å². The summed E-state index contributed by atoms with van der Waals surface area (Å²) in [6.45, 7) is 4.76. The van der Waals surface area contributed by atoms with E-state index >= 15 is 0 Å². The summed E-state index contributed by atoms with van der Waals surface area (Å²) in [6.07, 6.45) is 3.45. The molecule has 1 amide bonds. The van der Waals surface area contributed by atoms with Crippen LogP contribution in [0.2, 0.25) is 0 Å². The number of aromatic nitrogens is 3. The highest BCUT2D eigenvalue weighted by Gasteiger charge is 2.34. The van der Waals surface area contributed by atoms with Crippen LogP contribution >= 0.6 is 0 Å². The molecule has 0 aliphatic carbocycles. The molecule has 0 saturated carbocycles. The number of aliphatic hydroxyl groups excluding tert-OH is 1. The van der Waals surface area contributed by atoms with Crippen molar-refractivity contribution in [1.82, 2.24) is 20.1 Å². The van der Waals surface area contributed by atoms with Crippen LogP contribution in [0.1, 0.15) is 27.3 Å². The van der Waals surface area contributed by atoms with Crippen LogP contribution in [0.3, 0.4) is 0 Å². The molecule has 1 fully saturated rings. The van der Waals surface area contributed by atoms with Crippen LogP contribution in [-0.4, -0.2) is 50.3 Å². The minimum absolute atomic E-state index is 0.0180. The Labute approximate surface area is 129 Å². The molecule has 3 heterocycles. The molecule has 116 valence electrons. The van der Waals surface area contributed by atoms with Gasteiger partial charge in [0.05, 0.1) is 17.4 Å². The predicted molar refractivity (Wildman–Crippen MR) is 81.4 cm³/mol. The van der Waals surface area contributed by atoms with E-state index in [1.807, 2.05) is 26.0 Å². The van der Waals surface area contributed by atoms with Crippen LogP contribution < -0.4 is 0 Å². The summed E-state index contributed by atoms with van der Waals surface area (Å²) >= 11 is 0. The van der Waals surface area contributed by atoms with Crippen molar-refractivity contribution in [2.75, 3.05) is 13.1 Å². The van der Waals surface area contributed by atoms with Crippen LogP contribution in [0, 0.1) is 19.8 Å². The van der Waals surface area contributed by atoms with Gasteiger partial charge in [-0.25, -0.2) is 0 Å². The lowest BCUT2D eigenvalue weighted by Gasteiger charge is -2.16. The van der Waals surface area contributed by atoms with Gasteiger partial charge >= 0.3 is 0 Å². The first kappa shape index (κ1) is 14.7. The van der Waals surface area contributed by atoms with E-state index < -0.39 is 6.10 Å². The highest BCUT2D eigenvalue weighted by molar-refractivity contribution is 5.94. The number of carbonyl (C=O) groups is 1. The molecule has 22 heavy (non-hydrogen) atoms. The maximum Gasteiger partial charge on any atom is 0.255 e. The molecule has 2 aromatic heterocycles. The number of H-pyrrole nitrogens is 1. The van der Waals surface area contributed by atoms with Crippen molar-refractivity contribution in [2.24, 2.45) is 5.92 Å². The van der Waals surface area contributed by atoms with Crippen LogP contribution in [-0.2, 0) is 6.42 Å². The molecule has 2 atom stereocenters. The molecule has 1 saturated heterocycles. The maximum atomic E-state index is 12.5. The van der Waals surface area contributed by atoms with Crippen molar-refractivity contribution in [3.05, 3.63) is 47.0 Å². The van der Waals surface area contributed by atoms with Gasteiger partial charge in [0, 0.05) is 37.1 Å². The number of nitrogens with zero attached hydrogens (tertiary/aromatic N) is 3. The van der Waals surface area contributed by atoms with Crippen molar-refractivity contribution in [1.29, 1.82) is 0 Å². The summed E-state index contributed by atoms with van der Waals surface area (Å²) in [5, 5.41) is 17.3. The third-order valence-corrected chi connectivity index (χ3v) is 4.05. The maximum absolute atomic E-state index is 12.5. The molecule has 0 radical (unpaired) electrons. The second-order valence-corrected chi connectivity index (χ2v) is 6.03. The van der Waals surface area contributed by atoms with E-state index in [4.69, 9.17) is 0 Å². The van der Waals surface area contributed by atoms with E-state index in [-0.39, 0.29) is 11.8 Å². The Balaban J connectivity index is 1.68. The molecule has 6 nitrogen and oxygen atoms in total. The number of β-amino-alcohol motifs (C(OH)–C–C–N with tert-alkyl or cyclic N) is 1. The van der Waals surface area contributed by atoms with Gasteiger partial charge in [0.1, 0.15) is 0 Å². The molecule has 1 aliphatic heterocycles. The van der Waals surface area contributed by atoms with Gasteiger partial charge in [-0.3, -0.25) is 14.9 Å². The number of aryl methyl sites for hydroxylation is 2. The molecular formula is C16H20N4O2. The predicted octanol–water partition coefficient (Wildman–Crippen LogP) is 1.10. The first-order chi connectivity index (χ1) is 10.5. The Bertz CT molecular complexity index is 682. The topological polar surface area (TPSA) is 82.1 Å². The number of likely N-dealkylation sites (tertiary alicyclic amines) is 1. The second-order valence-electron chi connectivity index (χ2n) is 6.03. The Kier molecular flexibility index (Phi) is 3.94. The largest absolute Gasteiger partial charge is 0.391 e. The van der Waals surface area contributed by atoms with Crippen molar-refractivity contribution in [3.8, 4) is 0 Å². The number of carbonyl (C=O) groups excluding carboxylic acids is 1. The van der Waals surface area contributed by atoms with Gasteiger partial charge in [0.2, 0.25) is 0 Å². The van der Waals surface area contributed by atoms with Crippen LogP contribution in [0.25, 0.3) is 0 Å². The number of aromatic amines is 1. The third-order valence-electron chi connectivity index (χ3n) is 4.05. The molecule has 3 rings (SSSR count). The van der Waals surface area contributed by atoms with Crippen molar-refractivity contribution >= 4 is 5.91 Å². The standard InChI is InChI=1S/C16H20N4O2/c1-10-3-12(7-17-6-10)16(22)20-8-13(15(21)9-20)5-14-4-11(2)18-19-14/h3-4,6-7,13,15,21H,5,8-9H2,1-2H3,(H,18,19)/t13-,15+/m1/s1. The number of nitrogens with one attached hydrogen (secondary N) is 1. The fraction of sp³-hybridized carbons (Fsp3) is 0.438. The molecule has 1 aliphatic rings. The average molecular weight is 300 g/mol.